The second kappa shape index (κ2) is 6.51. The third-order valence-electron chi connectivity index (χ3n) is 2.56. The molecule has 0 spiro atoms. The first-order chi connectivity index (χ1) is 8.21. The SMILES string of the molecule is C=C=C(C)CC1=C(/C=C)C\C=C/C(=C\N)/C=N/1. The first kappa shape index (κ1) is 13.0. The number of rotatable bonds is 3. The summed E-state index contributed by atoms with van der Waals surface area (Å²) >= 11 is 0. The van der Waals surface area contributed by atoms with E-state index in [9.17, 15) is 0 Å². The summed E-state index contributed by atoms with van der Waals surface area (Å²) in [6.07, 6.45) is 10.8. The normalized spacial score (nSPS) is 25.6. The van der Waals surface area contributed by atoms with Crippen LogP contribution in [0.25, 0.3) is 0 Å². The molecule has 2 nitrogen and oxygen atoms in total. The van der Waals surface area contributed by atoms with Gasteiger partial charge in [-0.2, -0.15) is 0 Å². The summed E-state index contributed by atoms with van der Waals surface area (Å²) in [6.45, 7) is 9.46. The Balaban J connectivity index is 3.13. The molecule has 0 unspecified atom stereocenters. The molecular formula is C15H18N2. The smallest absolute Gasteiger partial charge is 0.0485 e. The summed E-state index contributed by atoms with van der Waals surface area (Å²) in [6, 6.07) is 0. The van der Waals surface area contributed by atoms with E-state index in [1.807, 2.05) is 19.1 Å². The lowest BCUT2D eigenvalue weighted by molar-refractivity contribution is 1.03. The van der Waals surface area contributed by atoms with Crippen molar-refractivity contribution < 1.29 is 0 Å². The van der Waals surface area contributed by atoms with Crippen LogP contribution in [0.15, 0.2) is 70.7 Å². The minimum absolute atomic E-state index is 0.743. The van der Waals surface area contributed by atoms with Gasteiger partial charge in [0.05, 0.1) is 0 Å². The van der Waals surface area contributed by atoms with Crippen LogP contribution in [-0.4, -0.2) is 6.21 Å². The molecule has 1 aliphatic heterocycles. The van der Waals surface area contributed by atoms with Crippen LogP contribution in [0.2, 0.25) is 0 Å². The molecule has 1 aliphatic rings. The Morgan fingerprint density at radius 3 is 3.00 bits per heavy atom. The molecule has 0 aliphatic carbocycles. The van der Waals surface area contributed by atoms with Crippen molar-refractivity contribution in [2.75, 3.05) is 0 Å². The van der Waals surface area contributed by atoms with Gasteiger partial charge in [0.15, 0.2) is 0 Å². The molecule has 17 heavy (non-hydrogen) atoms. The van der Waals surface area contributed by atoms with Gasteiger partial charge in [-0.3, -0.25) is 4.99 Å². The zero-order chi connectivity index (χ0) is 12.7. The Labute approximate surface area is 103 Å². The number of nitrogens with two attached hydrogens (primary N) is 1. The fraction of sp³-hybridized carbons (Fsp3) is 0.200. The van der Waals surface area contributed by atoms with Gasteiger partial charge in [0.1, 0.15) is 0 Å². The Morgan fingerprint density at radius 1 is 1.65 bits per heavy atom. The van der Waals surface area contributed by atoms with E-state index in [0.717, 1.165) is 35.3 Å². The third kappa shape index (κ3) is 3.78. The van der Waals surface area contributed by atoms with E-state index in [2.05, 4.69) is 30.0 Å². The predicted octanol–water partition coefficient (Wildman–Crippen LogP) is 3.42. The van der Waals surface area contributed by atoms with Crippen molar-refractivity contribution in [3.05, 3.63) is 65.7 Å². The maximum absolute atomic E-state index is 5.50. The molecule has 88 valence electrons. The molecule has 2 N–H and O–H groups in total. The summed E-state index contributed by atoms with van der Waals surface area (Å²) in [5, 5.41) is 0. The molecule has 0 aromatic heterocycles. The molecule has 1 heterocycles. The first-order valence-electron chi connectivity index (χ1n) is 5.53. The fourth-order valence-corrected chi connectivity index (χ4v) is 1.49. The van der Waals surface area contributed by atoms with Crippen molar-refractivity contribution in [2.45, 2.75) is 19.8 Å². The van der Waals surface area contributed by atoms with E-state index in [1.54, 1.807) is 12.4 Å². The summed E-state index contributed by atoms with van der Waals surface area (Å²) in [4.78, 5) is 4.47. The molecular weight excluding hydrogens is 208 g/mol. The average molecular weight is 226 g/mol. The molecule has 0 saturated heterocycles. The zero-order valence-corrected chi connectivity index (χ0v) is 10.2. The quantitative estimate of drug-likeness (QED) is 0.736. The lowest BCUT2D eigenvalue weighted by atomic mass is 10.0. The third-order valence-corrected chi connectivity index (χ3v) is 2.56. The monoisotopic (exact) mass is 226 g/mol. The van der Waals surface area contributed by atoms with Crippen LogP contribution in [0.3, 0.4) is 0 Å². The van der Waals surface area contributed by atoms with Crippen LogP contribution >= 0.6 is 0 Å². The van der Waals surface area contributed by atoms with E-state index >= 15 is 0 Å². The average Bonchev–Trinajstić information content (AvgIpc) is 2.33. The van der Waals surface area contributed by atoms with Crippen molar-refractivity contribution in [3.8, 4) is 0 Å². The van der Waals surface area contributed by atoms with E-state index < -0.39 is 0 Å². The standard InChI is InChI=1S/C15H18N2/c1-4-12(3)9-15-14(5-2)8-6-7-13(10-16)11-17-15/h5-7,10-11H,1-2,8-9,16H2,3H3/b7-6-,13-10+,15-14-,17-11+. The van der Waals surface area contributed by atoms with Gasteiger partial charge in [-0.15, -0.1) is 5.73 Å². The van der Waals surface area contributed by atoms with Gasteiger partial charge in [-0.1, -0.05) is 31.4 Å². The van der Waals surface area contributed by atoms with Gasteiger partial charge in [-0.25, -0.2) is 0 Å². The van der Waals surface area contributed by atoms with Gasteiger partial charge in [0.2, 0.25) is 0 Å². The molecule has 0 fully saturated rings. The van der Waals surface area contributed by atoms with Crippen LogP contribution in [0.1, 0.15) is 19.8 Å². The Kier molecular flexibility index (Phi) is 4.99. The second-order valence-electron chi connectivity index (χ2n) is 3.84. The maximum Gasteiger partial charge on any atom is 0.0485 e. The topological polar surface area (TPSA) is 38.4 Å². The molecule has 0 atom stereocenters. The van der Waals surface area contributed by atoms with Gasteiger partial charge in [0.25, 0.3) is 0 Å². The molecule has 0 radical (unpaired) electrons. The highest BCUT2D eigenvalue weighted by Crippen LogP contribution is 2.21. The van der Waals surface area contributed by atoms with E-state index in [0.29, 0.717) is 0 Å². The lowest BCUT2D eigenvalue weighted by Crippen LogP contribution is -1.95. The molecule has 0 aromatic carbocycles. The van der Waals surface area contributed by atoms with Crippen LogP contribution in [-0.2, 0) is 0 Å². The Hall–Kier alpha value is -2.05. The maximum atomic E-state index is 5.50. The number of nitrogens with zero attached hydrogens (tertiary/aromatic N) is 1. The van der Waals surface area contributed by atoms with E-state index in [1.165, 1.54) is 0 Å². The molecule has 2 heteroatoms. The molecule has 0 aromatic rings. The van der Waals surface area contributed by atoms with E-state index in [4.69, 9.17) is 5.73 Å². The summed E-state index contributed by atoms with van der Waals surface area (Å²) < 4.78 is 0. The number of allylic oxidation sites excluding steroid dienone is 6. The highest BCUT2D eigenvalue weighted by Gasteiger charge is 2.05. The van der Waals surface area contributed by atoms with Crippen LogP contribution in [0, 0.1) is 0 Å². The zero-order valence-electron chi connectivity index (χ0n) is 10.2. The summed E-state index contributed by atoms with van der Waals surface area (Å²) in [7, 11) is 0. The fourth-order valence-electron chi connectivity index (χ4n) is 1.49. The van der Waals surface area contributed by atoms with Crippen molar-refractivity contribution in [1.29, 1.82) is 0 Å². The largest absolute Gasteiger partial charge is 0.404 e. The molecule has 0 saturated carbocycles. The lowest BCUT2D eigenvalue weighted by Gasteiger charge is -2.09. The first-order valence-corrected chi connectivity index (χ1v) is 5.53. The van der Waals surface area contributed by atoms with E-state index in [-0.39, 0.29) is 0 Å². The second-order valence-corrected chi connectivity index (χ2v) is 3.84. The number of hydrogen-bond acceptors (Lipinski definition) is 2. The summed E-state index contributed by atoms with van der Waals surface area (Å²) in [5.41, 5.74) is 12.5. The minimum Gasteiger partial charge on any atom is -0.404 e. The van der Waals surface area contributed by atoms with Crippen LogP contribution < -0.4 is 5.73 Å². The van der Waals surface area contributed by atoms with Gasteiger partial charge < -0.3 is 5.73 Å². The number of hydrogen-bond donors (Lipinski definition) is 1. The highest BCUT2D eigenvalue weighted by atomic mass is 14.7. The predicted molar refractivity (Wildman–Crippen MR) is 74.7 cm³/mol. The van der Waals surface area contributed by atoms with Crippen molar-refractivity contribution in [1.82, 2.24) is 0 Å². The molecule has 1 rings (SSSR count). The minimum atomic E-state index is 0.743. The molecule has 0 amide bonds. The van der Waals surface area contributed by atoms with Gasteiger partial charge >= 0.3 is 0 Å². The van der Waals surface area contributed by atoms with Gasteiger partial charge in [-0.05, 0) is 24.5 Å². The van der Waals surface area contributed by atoms with Gasteiger partial charge in [0, 0.05) is 30.1 Å². The van der Waals surface area contributed by atoms with Crippen molar-refractivity contribution in [2.24, 2.45) is 10.7 Å². The number of aliphatic imine (C=N–C) groups is 1. The van der Waals surface area contributed by atoms with Crippen molar-refractivity contribution in [3.63, 3.8) is 0 Å². The summed E-state index contributed by atoms with van der Waals surface area (Å²) in [5.74, 6) is 0. The Morgan fingerprint density at radius 2 is 2.41 bits per heavy atom. The van der Waals surface area contributed by atoms with Crippen LogP contribution in [0.4, 0.5) is 0 Å². The highest BCUT2D eigenvalue weighted by molar-refractivity contribution is 5.83. The molecule has 0 bridgehead atoms. The van der Waals surface area contributed by atoms with Crippen molar-refractivity contribution >= 4 is 6.21 Å². The van der Waals surface area contributed by atoms with Crippen LogP contribution in [0.5, 0.6) is 0 Å². The Bertz CT molecular complexity index is 467.